The molecule has 2 aromatic carbocycles. The van der Waals surface area contributed by atoms with Crippen LogP contribution in [0.1, 0.15) is 24.5 Å². The molecular formula is C21H23N3O2. The lowest BCUT2D eigenvalue weighted by Crippen LogP contribution is -2.37. The Labute approximate surface area is 152 Å². The molecule has 5 nitrogen and oxygen atoms in total. The number of amides is 1. The fourth-order valence-electron chi connectivity index (χ4n) is 3.03. The first kappa shape index (κ1) is 17.9. The molecule has 0 saturated carbocycles. The van der Waals surface area contributed by atoms with E-state index in [1.165, 1.54) is 16.5 Å². The van der Waals surface area contributed by atoms with Crippen molar-refractivity contribution < 1.29 is 4.79 Å². The molecule has 26 heavy (non-hydrogen) atoms. The molecule has 1 aromatic heterocycles. The maximum atomic E-state index is 12.6. The van der Waals surface area contributed by atoms with E-state index in [4.69, 9.17) is 0 Å². The van der Waals surface area contributed by atoms with Gasteiger partial charge in [-0.05, 0) is 43.9 Å². The highest BCUT2D eigenvalue weighted by molar-refractivity contribution is 5.81. The number of hydrogen-bond donors (Lipinski definition) is 1. The lowest BCUT2D eigenvalue weighted by Gasteiger charge is -2.14. The van der Waals surface area contributed by atoms with Crippen molar-refractivity contribution in [1.29, 1.82) is 0 Å². The topological polar surface area (TPSA) is 64.0 Å². The van der Waals surface area contributed by atoms with E-state index < -0.39 is 0 Å². The standard InChI is InChI=1S/C21H23N3O2/c1-15-7-6-10-18-20(15)22-14-24(21(18)26)13-19(25)23-16(2)11-12-17-8-4-3-5-9-17/h3-10,14,16H,11-13H2,1-2H3,(H,23,25). The molecule has 0 aliphatic carbocycles. The zero-order chi connectivity index (χ0) is 18.5. The smallest absolute Gasteiger partial charge is 0.261 e. The van der Waals surface area contributed by atoms with Crippen LogP contribution in [-0.2, 0) is 17.8 Å². The molecule has 0 aliphatic rings. The van der Waals surface area contributed by atoms with Crippen LogP contribution in [-0.4, -0.2) is 21.5 Å². The predicted octanol–water partition coefficient (Wildman–Crippen LogP) is 2.84. The van der Waals surface area contributed by atoms with E-state index in [9.17, 15) is 9.59 Å². The summed E-state index contributed by atoms with van der Waals surface area (Å²) in [5, 5.41) is 3.50. The van der Waals surface area contributed by atoms with Gasteiger partial charge in [0.25, 0.3) is 5.56 Å². The van der Waals surface area contributed by atoms with Gasteiger partial charge in [0.1, 0.15) is 6.54 Å². The summed E-state index contributed by atoms with van der Waals surface area (Å²) in [5.74, 6) is -0.179. The van der Waals surface area contributed by atoms with Crippen LogP contribution in [0.2, 0.25) is 0 Å². The molecule has 0 bridgehead atoms. The van der Waals surface area contributed by atoms with Gasteiger partial charge in [0.2, 0.25) is 5.91 Å². The fourth-order valence-corrected chi connectivity index (χ4v) is 3.03. The number of rotatable bonds is 6. The van der Waals surface area contributed by atoms with Crippen LogP contribution in [0.25, 0.3) is 10.9 Å². The van der Waals surface area contributed by atoms with E-state index >= 15 is 0 Å². The second kappa shape index (κ2) is 7.95. The fraction of sp³-hybridized carbons (Fsp3) is 0.286. The van der Waals surface area contributed by atoms with Crippen molar-refractivity contribution in [2.45, 2.75) is 39.3 Å². The molecule has 1 N–H and O–H groups in total. The van der Waals surface area contributed by atoms with Crippen molar-refractivity contribution in [2.24, 2.45) is 0 Å². The second-order valence-corrected chi connectivity index (χ2v) is 6.64. The van der Waals surface area contributed by atoms with E-state index in [2.05, 4.69) is 22.4 Å². The molecule has 5 heteroatoms. The Balaban J connectivity index is 1.62. The first-order valence-electron chi connectivity index (χ1n) is 8.82. The van der Waals surface area contributed by atoms with Gasteiger partial charge in [-0.25, -0.2) is 4.98 Å². The molecule has 134 valence electrons. The van der Waals surface area contributed by atoms with Crippen molar-refractivity contribution in [3.63, 3.8) is 0 Å². The van der Waals surface area contributed by atoms with Gasteiger partial charge in [-0.1, -0.05) is 42.5 Å². The van der Waals surface area contributed by atoms with Gasteiger partial charge in [-0.3, -0.25) is 14.2 Å². The molecule has 3 aromatic rings. The number of aromatic nitrogens is 2. The number of fused-ring (bicyclic) bond motifs is 1. The third-order valence-electron chi connectivity index (χ3n) is 4.49. The highest BCUT2D eigenvalue weighted by atomic mass is 16.2. The lowest BCUT2D eigenvalue weighted by molar-refractivity contribution is -0.122. The summed E-state index contributed by atoms with van der Waals surface area (Å²) < 4.78 is 1.36. The molecule has 0 radical (unpaired) electrons. The summed E-state index contributed by atoms with van der Waals surface area (Å²) in [7, 11) is 0. The molecule has 0 spiro atoms. The van der Waals surface area contributed by atoms with E-state index in [0.717, 1.165) is 18.4 Å². The Morgan fingerprint density at radius 2 is 1.92 bits per heavy atom. The summed E-state index contributed by atoms with van der Waals surface area (Å²) >= 11 is 0. The molecule has 0 saturated heterocycles. The molecule has 3 rings (SSSR count). The number of aryl methyl sites for hydroxylation is 2. The van der Waals surface area contributed by atoms with Crippen molar-refractivity contribution in [3.05, 3.63) is 76.3 Å². The number of carbonyl (C=O) groups is 1. The first-order valence-corrected chi connectivity index (χ1v) is 8.82. The van der Waals surface area contributed by atoms with E-state index in [1.807, 2.05) is 44.2 Å². The van der Waals surface area contributed by atoms with Crippen LogP contribution >= 0.6 is 0 Å². The minimum absolute atomic E-state index is 0.0224. The molecule has 1 amide bonds. The summed E-state index contributed by atoms with van der Waals surface area (Å²) in [5.41, 5.74) is 2.70. The Hall–Kier alpha value is -2.95. The van der Waals surface area contributed by atoms with Gasteiger partial charge in [0.05, 0.1) is 17.2 Å². The van der Waals surface area contributed by atoms with Gasteiger partial charge >= 0.3 is 0 Å². The van der Waals surface area contributed by atoms with E-state index in [0.29, 0.717) is 10.9 Å². The van der Waals surface area contributed by atoms with E-state index in [1.54, 1.807) is 6.07 Å². The molecular weight excluding hydrogens is 326 g/mol. The highest BCUT2D eigenvalue weighted by Crippen LogP contribution is 2.11. The largest absolute Gasteiger partial charge is 0.352 e. The Morgan fingerprint density at radius 1 is 1.15 bits per heavy atom. The maximum absolute atomic E-state index is 12.6. The summed E-state index contributed by atoms with van der Waals surface area (Å²) in [6.07, 6.45) is 3.20. The molecule has 0 aliphatic heterocycles. The lowest BCUT2D eigenvalue weighted by atomic mass is 10.1. The van der Waals surface area contributed by atoms with Crippen LogP contribution < -0.4 is 10.9 Å². The third-order valence-corrected chi connectivity index (χ3v) is 4.49. The second-order valence-electron chi connectivity index (χ2n) is 6.64. The average Bonchev–Trinajstić information content (AvgIpc) is 2.64. The number of nitrogens with zero attached hydrogens (tertiary/aromatic N) is 2. The summed E-state index contributed by atoms with van der Waals surface area (Å²) in [6.45, 7) is 3.87. The normalized spacial score (nSPS) is 12.1. The van der Waals surface area contributed by atoms with Crippen LogP contribution in [0.5, 0.6) is 0 Å². The molecule has 1 unspecified atom stereocenters. The van der Waals surface area contributed by atoms with Crippen molar-refractivity contribution in [1.82, 2.24) is 14.9 Å². The van der Waals surface area contributed by atoms with Crippen LogP contribution in [0.4, 0.5) is 0 Å². The number of para-hydroxylation sites is 1. The highest BCUT2D eigenvalue weighted by Gasteiger charge is 2.11. The van der Waals surface area contributed by atoms with Crippen LogP contribution in [0.3, 0.4) is 0 Å². The number of benzene rings is 2. The van der Waals surface area contributed by atoms with Crippen molar-refractivity contribution in [3.8, 4) is 0 Å². The zero-order valence-electron chi connectivity index (χ0n) is 15.1. The molecule has 0 fully saturated rings. The molecule has 1 heterocycles. The molecule has 1 atom stereocenters. The SMILES string of the molecule is Cc1cccc2c(=O)n(CC(=O)NC(C)CCc3ccccc3)cnc12. The number of nitrogens with one attached hydrogen (secondary N) is 1. The number of hydrogen-bond acceptors (Lipinski definition) is 3. The number of carbonyl (C=O) groups excluding carboxylic acids is 1. The first-order chi connectivity index (χ1) is 12.5. The predicted molar refractivity (Wildman–Crippen MR) is 103 cm³/mol. The van der Waals surface area contributed by atoms with Crippen molar-refractivity contribution in [2.75, 3.05) is 0 Å². The Kier molecular flexibility index (Phi) is 5.46. The Morgan fingerprint density at radius 3 is 2.69 bits per heavy atom. The van der Waals surface area contributed by atoms with E-state index in [-0.39, 0.29) is 24.1 Å². The van der Waals surface area contributed by atoms with Crippen molar-refractivity contribution >= 4 is 16.8 Å². The van der Waals surface area contributed by atoms with Crippen LogP contribution in [0, 0.1) is 6.92 Å². The van der Waals surface area contributed by atoms with Gasteiger partial charge < -0.3 is 5.32 Å². The minimum atomic E-state index is -0.189. The van der Waals surface area contributed by atoms with Gasteiger partial charge in [-0.15, -0.1) is 0 Å². The summed E-state index contributed by atoms with van der Waals surface area (Å²) in [4.78, 5) is 29.2. The third kappa shape index (κ3) is 4.17. The van der Waals surface area contributed by atoms with Crippen LogP contribution in [0.15, 0.2) is 59.7 Å². The average molecular weight is 349 g/mol. The Bertz CT molecular complexity index is 964. The minimum Gasteiger partial charge on any atom is -0.352 e. The van der Waals surface area contributed by atoms with Gasteiger partial charge in [-0.2, -0.15) is 0 Å². The zero-order valence-corrected chi connectivity index (χ0v) is 15.1. The maximum Gasteiger partial charge on any atom is 0.261 e. The summed E-state index contributed by atoms with van der Waals surface area (Å²) in [6, 6.07) is 15.7. The monoisotopic (exact) mass is 349 g/mol. The quantitative estimate of drug-likeness (QED) is 0.744. The van der Waals surface area contributed by atoms with Gasteiger partial charge in [0, 0.05) is 6.04 Å². The van der Waals surface area contributed by atoms with Gasteiger partial charge in [0.15, 0.2) is 0 Å².